The number of urea groups is 1. The number of halogens is 2. The van der Waals surface area contributed by atoms with Crippen molar-refractivity contribution in [3.63, 3.8) is 0 Å². The van der Waals surface area contributed by atoms with Gasteiger partial charge < -0.3 is 20.1 Å². The fourth-order valence-electron chi connectivity index (χ4n) is 4.09. The fraction of sp³-hybridized carbons (Fsp3) is 0.444. The number of nitrogens with one attached hydrogen (secondary N) is 1. The number of anilines is 1. The first-order chi connectivity index (χ1) is 18.0. The van der Waals surface area contributed by atoms with Crippen LogP contribution in [-0.4, -0.2) is 67.7 Å². The Bertz CT molecular complexity index is 1370. The van der Waals surface area contributed by atoms with Crippen molar-refractivity contribution in [3.8, 4) is 17.6 Å². The number of carbonyl (C=O) groups excluding carboxylic acids is 1. The van der Waals surface area contributed by atoms with Crippen LogP contribution >= 0.6 is 0 Å². The number of benzene rings is 2. The number of sulfonamides is 1. The third-order valence-corrected chi connectivity index (χ3v) is 8.66. The first-order valence-electron chi connectivity index (χ1n) is 12.4. The van der Waals surface area contributed by atoms with Crippen molar-refractivity contribution in [2.24, 2.45) is 11.8 Å². The van der Waals surface area contributed by atoms with Crippen LogP contribution in [0, 0.1) is 35.3 Å². The van der Waals surface area contributed by atoms with Gasteiger partial charge in [0.05, 0.1) is 18.8 Å². The molecule has 11 heteroatoms. The number of rotatable bonds is 5. The van der Waals surface area contributed by atoms with Crippen LogP contribution < -0.4 is 10.1 Å². The molecule has 2 aliphatic rings. The average Bonchev–Trinajstić information content (AvgIpc) is 3.71. The van der Waals surface area contributed by atoms with Crippen molar-refractivity contribution in [2.45, 2.75) is 43.7 Å². The summed E-state index contributed by atoms with van der Waals surface area (Å²) in [5.74, 6) is 4.78. The van der Waals surface area contributed by atoms with Crippen LogP contribution in [0.25, 0.3) is 0 Å². The topological polar surface area (TPSA) is 99.2 Å². The summed E-state index contributed by atoms with van der Waals surface area (Å²) in [5.41, 5.74) is 0.305. The van der Waals surface area contributed by atoms with Crippen LogP contribution in [0.15, 0.2) is 41.3 Å². The molecule has 0 aromatic heterocycles. The zero-order valence-corrected chi connectivity index (χ0v) is 22.3. The minimum absolute atomic E-state index is 0.0166. The molecule has 2 N–H and O–H groups in total. The molecule has 4 rings (SSSR count). The number of likely N-dealkylation sites (N-methyl/N-ethyl adjacent to an activating group) is 1. The maximum atomic E-state index is 14.0. The Morgan fingerprint density at radius 3 is 2.68 bits per heavy atom. The number of hydrogen-bond donors (Lipinski definition) is 2. The molecule has 2 aromatic rings. The number of aliphatic hydroxyl groups excluding tert-OH is 1. The highest BCUT2D eigenvalue weighted by Crippen LogP contribution is 2.34. The van der Waals surface area contributed by atoms with Gasteiger partial charge in [0, 0.05) is 43.1 Å². The van der Waals surface area contributed by atoms with Crippen molar-refractivity contribution in [3.05, 3.63) is 53.6 Å². The quantitative estimate of drug-likeness (QED) is 0.557. The normalized spacial score (nSPS) is 21.5. The number of aliphatic hydroxyl groups is 1. The van der Waals surface area contributed by atoms with Crippen molar-refractivity contribution in [1.82, 2.24) is 9.21 Å². The number of hydrogen-bond acceptors (Lipinski definition) is 5. The molecule has 0 saturated heterocycles. The zero-order valence-electron chi connectivity index (χ0n) is 21.4. The van der Waals surface area contributed by atoms with E-state index in [2.05, 4.69) is 17.2 Å². The van der Waals surface area contributed by atoms with Gasteiger partial charge in [-0.05, 0) is 50.1 Å². The van der Waals surface area contributed by atoms with E-state index in [9.17, 15) is 27.1 Å². The van der Waals surface area contributed by atoms with Gasteiger partial charge in [-0.3, -0.25) is 0 Å². The first kappa shape index (κ1) is 27.8. The molecule has 0 spiro atoms. The van der Waals surface area contributed by atoms with E-state index in [0.717, 1.165) is 31.0 Å². The van der Waals surface area contributed by atoms with Crippen LogP contribution in [0.1, 0.15) is 32.3 Å². The van der Waals surface area contributed by atoms with Crippen molar-refractivity contribution in [1.29, 1.82) is 0 Å². The van der Waals surface area contributed by atoms with Crippen LogP contribution in [0.4, 0.5) is 19.3 Å². The second-order valence-corrected chi connectivity index (χ2v) is 11.7. The highest BCUT2D eigenvalue weighted by atomic mass is 32.2. The average molecular weight is 548 g/mol. The predicted octanol–water partition coefficient (Wildman–Crippen LogP) is 3.66. The smallest absolute Gasteiger partial charge is 0.321 e. The molecule has 204 valence electrons. The lowest BCUT2D eigenvalue weighted by Crippen LogP contribution is -2.50. The van der Waals surface area contributed by atoms with E-state index < -0.39 is 45.8 Å². The van der Waals surface area contributed by atoms with E-state index in [1.165, 1.54) is 22.3 Å². The molecule has 1 aliphatic carbocycles. The third kappa shape index (κ3) is 6.26. The van der Waals surface area contributed by atoms with Gasteiger partial charge in [0.25, 0.3) is 0 Å². The van der Waals surface area contributed by atoms with Gasteiger partial charge in [-0.2, -0.15) is 4.31 Å². The summed E-state index contributed by atoms with van der Waals surface area (Å²) in [4.78, 5) is 14.0. The van der Waals surface area contributed by atoms with E-state index in [1.807, 2.05) is 0 Å². The van der Waals surface area contributed by atoms with Gasteiger partial charge in [-0.15, -0.1) is 0 Å². The molecule has 0 radical (unpaired) electrons. The second kappa shape index (κ2) is 11.3. The van der Waals surface area contributed by atoms with Crippen LogP contribution in [-0.2, 0) is 10.0 Å². The summed E-state index contributed by atoms with van der Waals surface area (Å²) in [6.07, 6.45) is 1.42. The standard InChI is InChI=1S/C27H31F2N3O5S/c1-17-14-32(18(2)16-33)38(35,36)26-11-8-20(7-6-19-4-5-19)12-24(26)37-25(17)15-31(3)27(34)30-23-13-21(28)9-10-22(23)29/h8-13,17-19,25,33H,4-5,14-16H2,1-3H3,(H,30,34)/t17-,18+,25+/m1/s1. The van der Waals surface area contributed by atoms with Gasteiger partial charge in [0.2, 0.25) is 10.0 Å². The lowest BCUT2D eigenvalue weighted by atomic mass is 10.0. The molecular formula is C27H31F2N3O5S. The van der Waals surface area contributed by atoms with E-state index in [-0.39, 0.29) is 36.0 Å². The Kier molecular flexibility index (Phi) is 8.25. The summed E-state index contributed by atoms with van der Waals surface area (Å²) in [6.45, 7) is 3.08. The number of carbonyl (C=O) groups is 1. The summed E-state index contributed by atoms with van der Waals surface area (Å²) < 4.78 is 62.2. The maximum absolute atomic E-state index is 14.0. The lowest BCUT2D eigenvalue weighted by molar-refractivity contribution is 0.0830. The number of amides is 2. The molecule has 2 amide bonds. The van der Waals surface area contributed by atoms with Gasteiger partial charge in [-0.25, -0.2) is 22.0 Å². The SMILES string of the molecule is C[C@@H]1CN([C@@H](C)CO)S(=O)(=O)c2ccc(C#CC3CC3)cc2O[C@H]1CN(C)C(=O)Nc1cc(F)ccc1F. The molecule has 3 atom stereocenters. The van der Waals surface area contributed by atoms with Crippen LogP contribution in [0.3, 0.4) is 0 Å². The lowest BCUT2D eigenvalue weighted by Gasteiger charge is -2.37. The molecule has 2 aromatic carbocycles. The Morgan fingerprint density at radius 2 is 2.00 bits per heavy atom. The predicted molar refractivity (Wildman–Crippen MR) is 138 cm³/mol. The zero-order chi connectivity index (χ0) is 27.6. The van der Waals surface area contributed by atoms with E-state index >= 15 is 0 Å². The van der Waals surface area contributed by atoms with E-state index in [1.54, 1.807) is 26.0 Å². The highest BCUT2D eigenvalue weighted by Gasteiger charge is 2.38. The first-order valence-corrected chi connectivity index (χ1v) is 13.9. The summed E-state index contributed by atoms with van der Waals surface area (Å²) in [5, 5.41) is 12.1. The van der Waals surface area contributed by atoms with Gasteiger partial charge in [0.15, 0.2) is 0 Å². The molecule has 8 nitrogen and oxygen atoms in total. The minimum atomic E-state index is -4.01. The van der Waals surface area contributed by atoms with Crippen molar-refractivity contribution in [2.75, 3.05) is 32.1 Å². The van der Waals surface area contributed by atoms with Crippen molar-refractivity contribution >= 4 is 21.7 Å². The van der Waals surface area contributed by atoms with Crippen LogP contribution in [0.5, 0.6) is 5.75 Å². The fourth-order valence-corrected chi connectivity index (χ4v) is 5.92. The Morgan fingerprint density at radius 1 is 1.26 bits per heavy atom. The number of nitrogens with zero attached hydrogens (tertiary/aromatic N) is 2. The van der Waals surface area contributed by atoms with E-state index in [0.29, 0.717) is 11.5 Å². The monoisotopic (exact) mass is 547 g/mol. The highest BCUT2D eigenvalue weighted by molar-refractivity contribution is 7.89. The van der Waals surface area contributed by atoms with Crippen LogP contribution in [0.2, 0.25) is 0 Å². The van der Waals surface area contributed by atoms with Crippen molar-refractivity contribution < 1.29 is 31.8 Å². The molecule has 1 aliphatic heterocycles. The van der Waals surface area contributed by atoms with Gasteiger partial charge >= 0.3 is 6.03 Å². The molecule has 0 bridgehead atoms. The second-order valence-electron chi connectivity index (χ2n) is 9.88. The molecular weight excluding hydrogens is 516 g/mol. The molecule has 1 heterocycles. The largest absolute Gasteiger partial charge is 0.487 e. The third-order valence-electron chi connectivity index (χ3n) is 6.64. The maximum Gasteiger partial charge on any atom is 0.321 e. The Hall–Kier alpha value is -3.20. The minimum Gasteiger partial charge on any atom is -0.487 e. The summed E-state index contributed by atoms with van der Waals surface area (Å²) >= 11 is 0. The summed E-state index contributed by atoms with van der Waals surface area (Å²) in [6, 6.07) is 6.03. The number of ether oxygens (including phenoxy) is 1. The number of fused-ring (bicyclic) bond motifs is 1. The van der Waals surface area contributed by atoms with E-state index in [4.69, 9.17) is 4.74 Å². The Balaban J connectivity index is 1.64. The van der Waals surface area contributed by atoms with Gasteiger partial charge in [0.1, 0.15) is 28.4 Å². The van der Waals surface area contributed by atoms with Gasteiger partial charge in [-0.1, -0.05) is 18.8 Å². The molecule has 0 unspecified atom stereocenters. The Labute approximate surface area is 221 Å². The summed E-state index contributed by atoms with van der Waals surface area (Å²) in [7, 11) is -2.53. The molecule has 38 heavy (non-hydrogen) atoms. The molecule has 1 saturated carbocycles. The molecule has 1 fully saturated rings.